The van der Waals surface area contributed by atoms with E-state index in [-0.39, 0.29) is 11.5 Å². The Morgan fingerprint density at radius 3 is 2.25 bits per heavy atom. The van der Waals surface area contributed by atoms with Gasteiger partial charge in [0.2, 0.25) is 0 Å². The van der Waals surface area contributed by atoms with E-state index in [1.807, 2.05) is 19.1 Å². The van der Waals surface area contributed by atoms with Gasteiger partial charge in [0.15, 0.2) is 5.78 Å². The van der Waals surface area contributed by atoms with Crippen molar-refractivity contribution in [1.29, 1.82) is 0 Å². The lowest BCUT2D eigenvalue weighted by Gasteiger charge is -2.07. The molecule has 0 radical (unpaired) electrons. The van der Waals surface area contributed by atoms with Crippen molar-refractivity contribution in [3.05, 3.63) is 63.6 Å². The van der Waals surface area contributed by atoms with Crippen molar-refractivity contribution in [2.24, 2.45) is 0 Å². The third kappa shape index (κ3) is 3.29. The number of benzene rings is 2. The van der Waals surface area contributed by atoms with Crippen LogP contribution in [-0.4, -0.2) is 15.7 Å². The summed E-state index contributed by atoms with van der Waals surface area (Å²) in [5.74, 6) is -0.314. The van der Waals surface area contributed by atoms with E-state index in [0.717, 1.165) is 5.56 Å². The van der Waals surface area contributed by atoms with Crippen molar-refractivity contribution in [3.8, 4) is 0 Å². The van der Waals surface area contributed by atoms with E-state index in [2.05, 4.69) is 0 Å². The summed E-state index contributed by atoms with van der Waals surface area (Å²) < 4.78 is 12.3. The quantitative estimate of drug-likeness (QED) is 0.785. The van der Waals surface area contributed by atoms with Crippen LogP contribution in [0.3, 0.4) is 0 Å². The maximum atomic E-state index is 12.3. The van der Waals surface area contributed by atoms with E-state index in [1.165, 1.54) is 0 Å². The van der Waals surface area contributed by atoms with Crippen LogP contribution < -0.4 is 0 Å². The number of carbonyl (C=O) groups is 1. The molecule has 5 heteroatoms. The highest BCUT2D eigenvalue weighted by Gasteiger charge is 2.18. The highest BCUT2D eigenvalue weighted by molar-refractivity contribution is 7.86. The molecule has 0 aliphatic heterocycles. The van der Waals surface area contributed by atoms with Gasteiger partial charge in [-0.3, -0.25) is 9.00 Å². The standard InChI is InChI=1S/C15H12Cl2O2S/c1-10-5-2-3-6-11(10)14(18)9-20(19)15-12(16)7-4-8-13(15)17/h2-8H,9H2,1H3. The summed E-state index contributed by atoms with van der Waals surface area (Å²) >= 11 is 12.0. The van der Waals surface area contributed by atoms with Crippen LogP contribution >= 0.6 is 23.2 Å². The molecular formula is C15H12Cl2O2S. The summed E-state index contributed by atoms with van der Waals surface area (Å²) in [5, 5.41) is 0.627. The normalized spacial score (nSPS) is 12.2. The van der Waals surface area contributed by atoms with Gasteiger partial charge in [-0.25, -0.2) is 0 Å². The van der Waals surface area contributed by atoms with E-state index < -0.39 is 10.8 Å². The van der Waals surface area contributed by atoms with Gasteiger partial charge in [0.1, 0.15) is 0 Å². The van der Waals surface area contributed by atoms with Crippen LogP contribution in [-0.2, 0) is 10.8 Å². The summed E-state index contributed by atoms with van der Waals surface area (Å²) in [5.41, 5.74) is 1.43. The van der Waals surface area contributed by atoms with E-state index in [0.29, 0.717) is 20.5 Å². The number of carbonyl (C=O) groups excluding carboxylic acids is 1. The zero-order valence-corrected chi connectivity index (χ0v) is 13.1. The highest BCUT2D eigenvalue weighted by Crippen LogP contribution is 2.28. The van der Waals surface area contributed by atoms with Crippen LogP contribution in [0.5, 0.6) is 0 Å². The van der Waals surface area contributed by atoms with Gasteiger partial charge >= 0.3 is 0 Å². The Balaban J connectivity index is 2.25. The first kappa shape index (κ1) is 15.2. The molecule has 0 amide bonds. The molecule has 1 atom stereocenters. The van der Waals surface area contributed by atoms with Crippen LogP contribution in [0.2, 0.25) is 10.0 Å². The molecule has 2 rings (SSSR count). The summed E-state index contributed by atoms with van der Waals surface area (Å²) in [7, 11) is -1.56. The van der Waals surface area contributed by atoms with E-state index in [9.17, 15) is 9.00 Å². The molecule has 0 aromatic heterocycles. The molecule has 1 unspecified atom stereocenters. The van der Waals surface area contributed by atoms with Gasteiger partial charge in [-0.1, -0.05) is 53.5 Å². The van der Waals surface area contributed by atoms with Gasteiger partial charge in [0.25, 0.3) is 0 Å². The third-order valence-electron chi connectivity index (χ3n) is 2.85. The third-order valence-corrected chi connectivity index (χ3v) is 5.13. The van der Waals surface area contributed by atoms with E-state index >= 15 is 0 Å². The predicted molar refractivity (Wildman–Crippen MR) is 83.2 cm³/mol. The topological polar surface area (TPSA) is 34.1 Å². The Hall–Kier alpha value is -1.16. The molecule has 0 aliphatic rings. The van der Waals surface area contributed by atoms with Gasteiger partial charge in [0, 0.05) is 5.56 Å². The Morgan fingerprint density at radius 2 is 1.65 bits per heavy atom. The van der Waals surface area contributed by atoms with Crippen molar-refractivity contribution >= 4 is 39.8 Å². The molecule has 2 aromatic carbocycles. The largest absolute Gasteiger partial charge is 0.293 e. The summed E-state index contributed by atoms with van der Waals surface area (Å²) in [6, 6.07) is 12.1. The van der Waals surface area contributed by atoms with Gasteiger partial charge in [-0.05, 0) is 24.6 Å². The summed E-state index contributed by atoms with van der Waals surface area (Å²) in [4.78, 5) is 12.5. The number of halogens is 2. The fourth-order valence-electron chi connectivity index (χ4n) is 1.85. The van der Waals surface area contributed by atoms with E-state index in [4.69, 9.17) is 23.2 Å². The van der Waals surface area contributed by atoms with Crippen LogP contribution in [0.1, 0.15) is 15.9 Å². The van der Waals surface area contributed by atoms with Gasteiger partial charge in [0.05, 0.1) is 31.5 Å². The number of rotatable bonds is 4. The Bertz CT molecular complexity index is 663. The second kappa shape index (κ2) is 6.53. The zero-order chi connectivity index (χ0) is 14.7. The first-order valence-electron chi connectivity index (χ1n) is 5.92. The molecule has 20 heavy (non-hydrogen) atoms. The van der Waals surface area contributed by atoms with E-state index in [1.54, 1.807) is 30.3 Å². The molecular weight excluding hydrogens is 315 g/mol. The molecule has 0 aliphatic carbocycles. The fraction of sp³-hybridized carbons (Fsp3) is 0.133. The minimum absolute atomic E-state index is 0.131. The molecule has 0 N–H and O–H groups in total. The van der Waals surface area contributed by atoms with Gasteiger partial charge in [-0.15, -0.1) is 0 Å². The molecule has 104 valence electrons. The Kier molecular flexibility index (Phi) is 4.97. The van der Waals surface area contributed by atoms with Crippen molar-refractivity contribution < 1.29 is 9.00 Å². The SMILES string of the molecule is Cc1ccccc1C(=O)CS(=O)c1c(Cl)cccc1Cl. The number of Topliss-reactive ketones (excluding diaryl/α,β-unsaturated/α-hetero) is 1. The van der Waals surface area contributed by atoms with Crippen molar-refractivity contribution in [2.45, 2.75) is 11.8 Å². The fourth-order valence-corrected chi connectivity index (χ4v) is 3.88. The smallest absolute Gasteiger partial charge is 0.175 e. The van der Waals surface area contributed by atoms with Crippen LogP contribution in [0, 0.1) is 6.92 Å². The van der Waals surface area contributed by atoms with Gasteiger partial charge in [-0.2, -0.15) is 0 Å². The van der Waals surface area contributed by atoms with Crippen LogP contribution in [0.25, 0.3) is 0 Å². The number of aryl methyl sites for hydroxylation is 1. The van der Waals surface area contributed by atoms with Crippen LogP contribution in [0.4, 0.5) is 0 Å². The predicted octanol–water partition coefficient (Wildman–Crippen LogP) is 4.29. The lowest BCUT2D eigenvalue weighted by molar-refractivity contribution is 0.102. The lowest BCUT2D eigenvalue weighted by Crippen LogP contribution is -2.13. The first-order chi connectivity index (χ1) is 9.50. The second-order valence-electron chi connectivity index (χ2n) is 4.28. The minimum atomic E-state index is -1.56. The molecule has 0 bridgehead atoms. The minimum Gasteiger partial charge on any atom is -0.293 e. The van der Waals surface area contributed by atoms with Crippen molar-refractivity contribution in [3.63, 3.8) is 0 Å². The number of hydrogen-bond acceptors (Lipinski definition) is 2. The summed E-state index contributed by atoms with van der Waals surface area (Å²) in [6.45, 7) is 1.85. The summed E-state index contributed by atoms with van der Waals surface area (Å²) in [6.07, 6.45) is 0. The molecule has 0 spiro atoms. The average molecular weight is 327 g/mol. The number of hydrogen-bond donors (Lipinski definition) is 0. The van der Waals surface area contributed by atoms with Crippen molar-refractivity contribution in [1.82, 2.24) is 0 Å². The van der Waals surface area contributed by atoms with Crippen LogP contribution in [0.15, 0.2) is 47.4 Å². The Labute approximate surface area is 130 Å². The molecule has 0 fully saturated rings. The first-order valence-corrected chi connectivity index (χ1v) is 7.99. The molecule has 0 heterocycles. The highest BCUT2D eigenvalue weighted by atomic mass is 35.5. The molecule has 0 saturated carbocycles. The maximum Gasteiger partial charge on any atom is 0.175 e. The van der Waals surface area contributed by atoms with Gasteiger partial charge < -0.3 is 0 Å². The van der Waals surface area contributed by atoms with Crippen molar-refractivity contribution in [2.75, 3.05) is 5.75 Å². The molecule has 0 saturated heterocycles. The molecule has 2 nitrogen and oxygen atoms in total. The average Bonchev–Trinajstić information content (AvgIpc) is 2.38. The second-order valence-corrected chi connectivity index (χ2v) is 6.48. The molecule has 2 aromatic rings. The maximum absolute atomic E-state index is 12.3. The lowest BCUT2D eigenvalue weighted by atomic mass is 10.1. The zero-order valence-electron chi connectivity index (χ0n) is 10.7. The monoisotopic (exact) mass is 326 g/mol. The Morgan fingerprint density at radius 1 is 1.05 bits per heavy atom. The number of ketones is 1.